The molecule has 1 aliphatic rings. The Kier molecular flexibility index (Phi) is 6.58. The van der Waals surface area contributed by atoms with Crippen molar-refractivity contribution in [1.29, 1.82) is 0 Å². The van der Waals surface area contributed by atoms with Gasteiger partial charge in [-0.3, -0.25) is 4.72 Å². The molecule has 0 atom stereocenters. The Morgan fingerprint density at radius 3 is 2.56 bits per heavy atom. The van der Waals surface area contributed by atoms with Crippen molar-refractivity contribution in [3.8, 4) is 5.75 Å². The lowest BCUT2D eigenvalue weighted by atomic mass is 10.2. The fraction of sp³-hybridized carbons (Fsp3) is 0.294. The predicted octanol–water partition coefficient (Wildman–Crippen LogP) is 4.08. The molecule has 0 aromatic heterocycles. The molecule has 0 aliphatic carbocycles. The van der Waals surface area contributed by atoms with Crippen LogP contribution in [0.2, 0.25) is 5.02 Å². The van der Waals surface area contributed by atoms with Crippen molar-refractivity contribution in [2.75, 3.05) is 42.9 Å². The van der Waals surface area contributed by atoms with Gasteiger partial charge in [-0.2, -0.15) is 0 Å². The highest BCUT2D eigenvalue weighted by Crippen LogP contribution is 2.36. The third kappa shape index (κ3) is 4.71. The molecular formula is C17H18Br2ClN3O3S. The smallest absolute Gasteiger partial charge is 0.262 e. The Balaban J connectivity index is 1.97. The van der Waals surface area contributed by atoms with Crippen LogP contribution in [0.4, 0.5) is 11.4 Å². The molecule has 2 aromatic rings. The van der Waals surface area contributed by atoms with Gasteiger partial charge in [-0.1, -0.05) is 27.5 Å². The monoisotopic (exact) mass is 537 g/mol. The van der Waals surface area contributed by atoms with Crippen LogP contribution in [0.1, 0.15) is 0 Å². The zero-order valence-electron chi connectivity index (χ0n) is 14.4. The van der Waals surface area contributed by atoms with Crippen LogP contribution in [0.25, 0.3) is 0 Å². The maximum Gasteiger partial charge on any atom is 0.262 e. The molecule has 10 heteroatoms. The van der Waals surface area contributed by atoms with Gasteiger partial charge in [0.2, 0.25) is 0 Å². The summed E-state index contributed by atoms with van der Waals surface area (Å²) in [4.78, 5) is 2.26. The minimum atomic E-state index is -3.81. The molecule has 0 spiro atoms. The van der Waals surface area contributed by atoms with Crippen LogP contribution in [0.15, 0.2) is 44.2 Å². The predicted molar refractivity (Wildman–Crippen MR) is 116 cm³/mol. The Labute approximate surface area is 180 Å². The van der Waals surface area contributed by atoms with Crippen LogP contribution >= 0.6 is 43.5 Å². The SMILES string of the molecule is COc1ccc(S(=O)(=O)Nc2cc(Br)cc(Cl)c2Br)cc1N1CCNCC1. The fourth-order valence-corrected chi connectivity index (χ4v) is 5.17. The zero-order chi connectivity index (χ0) is 19.6. The van der Waals surface area contributed by atoms with Gasteiger partial charge in [0.1, 0.15) is 5.75 Å². The number of piperazine rings is 1. The molecule has 27 heavy (non-hydrogen) atoms. The van der Waals surface area contributed by atoms with Gasteiger partial charge in [0.05, 0.1) is 32.9 Å². The van der Waals surface area contributed by atoms with Crippen molar-refractivity contribution >= 4 is 64.9 Å². The number of sulfonamides is 1. The molecule has 6 nitrogen and oxygen atoms in total. The lowest BCUT2D eigenvalue weighted by Gasteiger charge is -2.30. The first-order valence-electron chi connectivity index (χ1n) is 8.13. The van der Waals surface area contributed by atoms with E-state index in [9.17, 15) is 8.42 Å². The van der Waals surface area contributed by atoms with E-state index in [0.717, 1.165) is 31.9 Å². The summed E-state index contributed by atoms with van der Waals surface area (Å²) >= 11 is 12.8. The second-order valence-electron chi connectivity index (χ2n) is 5.93. The van der Waals surface area contributed by atoms with Crippen molar-refractivity contribution < 1.29 is 13.2 Å². The maximum absolute atomic E-state index is 12.9. The maximum atomic E-state index is 12.9. The van der Waals surface area contributed by atoms with Crippen LogP contribution in [0.5, 0.6) is 5.75 Å². The Morgan fingerprint density at radius 2 is 1.89 bits per heavy atom. The van der Waals surface area contributed by atoms with Crippen LogP contribution < -0.4 is 19.7 Å². The van der Waals surface area contributed by atoms with Crippen molar-refractivity contribution in [2.45, 2.75) is 4.90 Å². The van der Waals surface area contributed by atoms with Gasteiger partial charge in [0, 0.05) is 30.7 Å². The van der Waals surface area contributed by atoms with Gasteiger partial charge in [0.15, 0.2) is 0 Å². The van der Waals surface area contributed by atoms with E-state index in [1.165, 1.54) is 6.07 Å². The number of nitrogens with zero attached hydrogens (tertiary/aromatic N) is 1. The molecule has 1 saturated heterocycles. The number of nitrogens with one attached hydrogen (secondary N) is 2. The first-order chi connectivity index (χ1) is 12.8. The number of hydrogen-bond donors (Lipinski definition) is 2. The third-order valence-electron chi connectivity index (χ3n) is 4.16. The molecule has 0 radical (unpaired) electrons. The van der Waals surface area contributed by atoms with E-state index in [1.54, 1.807) is 31.4 Å². The second kappa shape index (κ2) is 8.57. The average molecular weight is 540 g/mol. The van der Waals surface area contributed by atoms with Gasteiger partial charge in [-0.15, -0.1) is 0 Å². The fourth-order valence-electron chi connectivity index (χ4n) is 2.82. The highest BCUT2D eigenvalue weighted by atomic mass is 79.9. The summed E-state index contributed by atoms with van der Waals surface area (Å²) in [6, 6.07) is 8.17. The lowest BCUT2D eigenvalue weighted by molar-refractivity contribution is 0.412. The third-order valence-corrected chi connectivity index (χ3v) is 7.36. The van der Waals surface area contributed by atoms with E-state index in [4.69, 9.17) is 16.3 Å². The van der Waals surface area contributed by atoms with Crippen molar-refractivity contribution in [3.63, 3.8) is 0 Å². The van der Waals surface area contributed by atoms with Crippen LogP contribution in [0, 0.1) is 0 Å². The summed E-state index contributed by atoms with van der Waals surface area (Å²) in [5.41, 5.74) is 1.11. The van der Waals surface area contributed by atoms with E-state index in [2.05, 4.69) is 46.8 Å². The van der Waals surface area contributed by atoms with Gasteiger partial charge in [-0.05, 0) is 46.3 Å². The summed E-state index contributed by atoms with van der Waals surface area (Å²) in [7, 11) is -2.24. The summed E-state index contributed by atoms with van der Waals surface area (Å²) in [5, 5.41) is 3.68. The molecule has 0 saturated carbocycles. The van der Waals surface area contributed by atoms with Crippen molar-refractivity contribution in [2.24, 2.45) is 0 Å². The summed E-state index contributed by atoms with van der Waals surface area (Å²) in [5.74, 6) is 0.641. The first-order valence-corrected chi connectivity index (χ1v) is 11.6. The quantitative estimate of drug-likeness (QED) is 0.561. The minimum Gasteiger partial charge on any atom is -0.495 e. The first kappa shape index (κ1) is 20.7. The summed E-state index contributed by atoms with van der Waals surface area (Å²) in [6.45, 7) is 3.23. The molecule has 1 aliphatic heterocycles. The number of anilines is 2. The number of methoxy groups -OCH3 is 1. The van der Waals surface area contributed by atoms with E-state index in [-0.39, 0.29) is 4.90 Å². The minimum absolute atomic E-state index is 0.153. The van der Waals surface area contributed by atoms with E-state index < -0.39 is 10.0 Å². The molecule has 146 valence electrons. The number of rotatable bonds is 5. The number of hydrogen-bond acceptors (Lipinski definition) is 5. The molecule has 0 bridgehead atoms. The summed E-state index contributed by atoms with van der Waals surface area (Å²) in [6.07, 6.45) is 0. The highest BCUT2D eigenvalue weighted by Gasteiger charge is 2.22. The highest BCUT2D eigenvalue weighted by molar-refractivity contribution is 9.11. The number of ether oxygens (including phenoxy) is 1. The molecule has 1 fully saturated rings. The van der Waals surface area contributed by atoms with Crippen LogP contribution in [-0.4, -0.2) is 41.7 Å². The number of benzene rings is 2. The van der Waals surface area contributed by atoms with Gasteiger partial charge in [-0.25, -0.2) is 8.42 Å². The summed E-state index contributed by atoms with van der Waals surface area (Å²) < 4.78 is 35.1. The van der Waals surface area contributed by atoms with Gasteiger partial charge >= 0.3 is 0 Å². The normalized spacial score (nSPS) is 14.9. The Morgan fingerprint density at radius 1 is 1.19 bits per heavy atom. The van der Waals surface area contributed by atoms with Gasteiger partial charge in [0.25, 0.3) is 10.0 Å². The lowest BCUT2D eigenvalue weighted by Crippen LogP contribution is -2.43. The number of halogens is 3. The van der Waals surface area contributed by atoms with Crippen molar-refractivity contribution in [3.05, 3.63) is 44.3 Å². The standard InChI is InChI=1S/C17H18Br2ClN3O3S/c1-26-16-3-2-12(10-15(16)23-6-4-21-5-7-23)27(24,25)22-14-9-11(18)8-13(20)17(14)19/h2-3,8-10,21-22H,4-7H2,1H3. The average Bonchev–Trinajstić information content (AvgIpc) is 2.65. The molecule has 2 aromatic carbocycles. The van der Waals surface area contributed by atoms with E-state index >= 15 is 0 Å². The molecular weight excluding hydrogens is 522 g/mol. The van der Waals surface area contributed by atoms with E-state index in [1.807, 2.05) is 0 Å². The van der Waals surface area contributed by atoms with E-state index in [0.29, 0.717) is 25.4 Å². The zero-order valence-corrected chi connectivity index (χ0v) is 19.2. The largest absolute Gasteiger partial charge is 0.495 e. The van der Waals surface area contributed by atoms with Crippen LogP contribution in [0.3, 0.4) is 0 Å². The Bertz CT molecular complexity index is 951. The topological polar surface area (TPSA) is 70.7 Å². The molecule has 3 rings (SSSR count). The second-order valence-corrected chi connectivity index (χ2v) is 9.72. The Hall–Kier alpha value is -1.000. The van der Waals surface area contributed by atoms with Crippen LogP contribution in [-0.2, 0) is 10.0 Å². The molecule has 1 heterocycles. The molecule has 0 amide bonds. The van der Waals surface area contributed by atoms with Gasteiger partial charge < -0.3 is 15.0 Å². The molecule has 2 N–H and O–H groups in total. The van der Waals surface area contributed by atoms with Crippen molar-refractivity contribution in [1.82, 2.24) is 5.32 Å². The molecule has 0 unspecified atom stereocenters.